The Morgan fingerprint density at radius 1 is 0.536 bits per heavy atom. The second kappa shape index (κ2) is 21.7. The van der Waals surface area contributed by atoms with E-state index in [4.69, 9.17) is 37.9 Å². The lowest BCUT2D eigenvalue weighted by atomic mass is 9.96. The molecule has 0 unspecified atom stereocenters. The fourth-order valence-electron chi connectivity index (χ4n) is 6.76. The Bertz CT molecular complexity index is 1290. The van der Waals surface area contributed by atoms with Crippen LogP contribution in [0.1, 0.15) is 67.2 Å². The molecule has 4 saturated heterocycles. The summed E-state index contributed by atoms with van der Waals surface area (Å²) in [6, 6.07) is 0. The van der Waals surface area contributed by atoms with Crippen molar-refractivity contribution in [2.24, 2.45) is 0 Å². The molecule has 0 amide bonds. The van der Waals surface area contributed by atoms with Crippen LogP contribution in [0.25, 0.3) is 0 Å². The van der Waals surface area contributed by atoms with Gasteiger partial charge >= 0.3 is 0 Å². The monoisotopic (exact) mass is 808 g/mol. The first-order valence-electron chi connectivity index (χ1n) is 19.3. The number of allylic oxidation sites excluding steroid dienone is 5. The van der Waals surface area contributed by atoms with Gasteiger partial charge in [-0.05, 0) is 67.2 Å². The van der Waals surface area contributed by atoms with Crippen LogP contribution in [-0.4, -0.2) is 188 Å². The van der Waals surface area contributed by atoms with Gasteiger partial charge in [0.15, 0.2) is 25.2 Å². The van der Waals surface area contributed by atoms with Gasteiger partial charge in [-0.3, -0.25) is 0 Å². The Hall–Kier alpha value is -1.50. The van der Waals surface area contributed by atoms with E-state index in [1.54, 1.807) is 0 Å². The highest BCUT2D eigenvalue weighted by Crippen LogP contribution is 2.34. The van der Waals surface area contributed by atoms with Gasteiger partial charge in [-0.15, -0.1) is 0 Å². The Kier molecular flexibility index (Phi) is 18.3. The van der Waals surface area contributed by atoms with Crippen molar-refractivity contribution in [3.05, 3.63) is 34.9 Å². The van der Waals surface area contributed by atoms with Gasteiger partial charge in [0, 0.05) is 0 Å². The van der Waals surface area contributed by atoms with Crippen LogP contribution in [0, 0.1) is 0 Å². The Morgan fingerprint density at radius 3 is 1.70 bits per heavy atom. The minimum Gasteiger partial charge on any atom is -0.388 e. The van der Waals surface area contributed by atoms with Crippen LogP contribution in [0.3, 0.4) is 0 Å². The zero-order valence-electron chi connectivity index (χ0n) is 32.9. The third kappa shape index (κ3) is 12.3. The molecule has 0 spiro atoms. The maximum Gasteiger partial charge on any atom is 0.187 e. The van der Waals surface area contributed by atoms with E-state index in [2.05, 4.69) is 32.9 Å². The van der Waals surface area contributed by atoms with Crippen molar-refractivity contribution in [1.82, 2.24) is 0 Å². The largest absolute Gasteiger partial charge is 0.388 e. The minimum atomic E-state index is -1.80. The van der Waals surface area contributed by atoms with E-state index < -0.39 is 130 Å². The molecule has 4 rings (SSSR count). The lowest BCUT2D eigenvalue weighted by Gasteiger charge is -2.48. The van der Waals surface area contributed by atoms with Crippen LogP contribution in [0.4, 0.5) is 0 Å². The van der Waals surface area contributed by atoms with Crippen molar-refractivity contribution < 1.29 is 89.0 Å². The number of rotatable bonds is 16. The summed E-state index contributed by atoms with van der Waals surface area (Å²) in [5.74, 6) is 0. The molecule has 0 aromatic carbocycles. The highest BCUT2D eigenvalue weighted by Gasteiger charge is 2.54. The highest BCUT2D eigenvalue weighted by molar-refractivity contribution is 5.06. The Morgan fingerprint density at radius 2 is 1.07 bits per heavy atom. The molecular formula is C38H64O18. The first-order chi connectivity index (χ1) is 26.4. The van der Waals surface area contributed by atoms with Gasteiger partial charge < -0.3 is 89.0 Å². The normalized spacial score (nSPS) is 44.1. The van der Waals surface area contributed by atoms with E-state index >= 15 is 0 Å². The quantitative estimate of drug-likeness (QED) is 0.0786. The third-order valence-corrected chi connectivity index (χ3v) is 10.5. The van der Waals surface area contributed by atoms with Gasteiger partial charge in [-0.25, -0.2) is 0 Å². The molecule has 0 aromatic rings. The summed E-state index contributed by atoms with van der Waals surface area (Å²) >= 11 is 0. The van der Waals surface area contributed by atoms with E-state index in [0.29, 0.717) is 0 Å². The van der Waals surface area contributed by atoms with E-state index in [0.717, 1.165) is 31.3 Å². The average Bonchev–Trinajstić information content (AvgIpc) is 3.15. The zero-order chi connectivity index (χ0) is 41.4. The maximum absolute atomic E-state index is 11.8. The fourth-order valence-corrected chi connectivity index (χ4v) is 6.76. The number of hydrogen-bond acceptors (Lipinski definition) is 18. The highest BCUT2D eigenvalue weighted by atomic mass is 16.8. The Labute approximate surface area is 327 Å². The zero-order valence-corrected chi connectivity index (χ0v) is 32.9. The van der Waals surface area contributed by atoms with Gasteiger partial charge in [0.2, 0.25) is 0 Å². The summed E-state index contributed by atoms with van der Waals surface area (Å²) in [6.45, 7) is 10.1. The molecule has 0 radical (unpaired) electrons. The summed E-state index contributed by atoms with van der Waals surface area (Å²) < 4.78 is 46.9. The van der Waals surface area contributed by atoms with Crippen LogP contribution in [0.2, 0.25) is 0 Å². The number of aliphatic hydroxyl groups is 10. The predicted molar refractivity (Wildman–Crippen MR) is 194 cm³/mol. The summed E-state index contributed by atoms with van der Waals surface area (Å²) in [4.78, 5) is 0. The van der Waals surface area contributed by atoms with E-state index in [-0.39, 0.29) is 6.61 Å². The SMILES string of the molecule is CC(C)=CCC/C(C)=C/CC/C(C)=C/CO[C@@H]1O[C@H](CO[C@H]2O[C@H](C)[C@@H](O)[C@H](O)[C@@H]2O)[C@@H](O)[C@H](O[C@@H]2OC[C@H](O)[C@H](O)[C@H]2O)[C@H]1O[C@@H]1O[C@@H](C)[C@H](O)[C@@H](O)[C@H]1O. The van der Waals surface area contributed by atoms with Gasteiger partial charge in [-0.2, -0.15) is 0 Å². The molecule has 4 heterocycles. The molecule has 0 aliphatic carbocycles. The molecule has 10 N–H and O–H groups in total. The molecule has 0 aromatic heterocycles. The molecule has 4 aliphatic rings. The second-order valence-corrected chi connectivity index (χ2v) is 15.5. The lowest BCUT2D eigenvalue weighted by Crippen LogP contribution is -2.66. The molecule has 56 heavy (non-hydrogen) atoms. The van der Waals surface area contributed by atoms with Crippen molar-refractivity contribution in [3.8, 4) is 0 Å². The predicted octanol–water partition coefficient (Wildman–Crippen LogP) is -1.61. The number of hydrogen-bond donors (Lipinski definition) is 10. The second-order valence-electron chi connectivity index (χ2n) is 15.5. The van der Waals surface area contributed by atoms with E-state index in [1.165, 1.54) is 25.0 Å². The molecule has 4 aliphatic heterocycles. The number of ether oxygens (including phenoxy) is 8. The molecule has 18 heteroatoms. The Balaban J connectivity index is 1.58. The van der Waals surface area contributed by atoms with E-state index in [9.17, 15) is 51.1 Å². The fraction of sp³-hybridized carbons (Fsp3) is 0.842. The molecule has 18 nitrogen and oxygen atoms in total. The van der Waals surface area contributed by atoms with Crippen molar-refractivity contribution in [3.63, 3.8) is 0 Å². The van der Waals surface area contributed by atoms with Crippen LogP contribution in [-0.2, 0) is 37.9 Å². The standard InChI is InChI=1S/C38H64O18/c1-17(2)9-7-10-18(3)11-8-12-19(4)13-14-49-38-34(56-37-32(48)29(45)25(41)21(6)53-37)33(55-36-30(46)26(42)22(39)15-50-36)27(43)23(54-38)16-51-35-31(47)28(44)24(40)20(5)52-35/h9,11,13,20-48H,7-8,10,12,14-16H2,1-6H3/b18-11+,19-13+/t20-,21+,22+,23-,24-,25+,26+,27-,28+,29-,30-,31+,32-,33+,34-,35+,36+,37+,38-/m1/s1. The molecule has 19 atom stereocenters. The average molecular weight is 809 g/mol. The molecule has 0 bridgehead atoms. The van der Waals surface area contributed by atoms with E-state index in [1.807, 2.05) is 13.0 Å². The summed E-state index contributed by atoms with van der Waals surface area (Å²) in [5.41, 5.74) is 3.54. The first-order valence-corrected chi connectivity index (χ1v) is 19.3. The first kappa shape index (κ1) is 47.2. The molecule has 324 valence electrons. The number of aliphatic hydroxyl groups excluding tert-OH is 10. The van der Waals surface area contributed by atoms with Crippen LogP contribution in [0.5, 0.6) is 0 Å². The smallest absolute Gasteiger partial charge is 0.187 e. The van der Waals surface area contributed by atoms with Crippen LogP contribution < -0.4 is 0 Å². The summed E-state index contributed by atoms with van der Waals surface area (Å²) in [6.07, 6.45) is -19.2. The molecular weight excluding hydrogens is 744 g/mol. The van der Waals surface area contributed by atoms with Crippen molar-refractivity contribution in [1.29, 1.82) is 0 Å². The van der Waals surface area contributed by atoms with Crippen molar-refractivity contribution >= 4 is 0 Å². The third-order valence-electron chi connectivity index (χ3n) is 10.5. The maximum atomic E-state index is 11.8. The van der Waals surface area contributed by atoms with Gasteiger partial charge in [-0.1, -0.05) is 34.9 Å². The topological polar surface area (TPSA) is 276 Å². The van der Waals surface area contributed by atoms with Crippen molar-refractivity contribution in [2.75, 3.05) is 19.8 Å². The molecule has 4 fully saturated rings. The van der Waals surface area contributed by atoms with Crippen LogP contribution in [0.15, 0.2) is 34.9 Å². The summed E-state index contributed by atoms with van der Waals surface area (Å²) in [5, 5.41) is 106. The van der Waals surface area contributed by atoms with Crippen molar-refractivity contribution in [2.45, 2.75) is 184 Å². The molecule has 0 saturated carbocycles. The lowest BCUT2D eigenvalue weighted by molar-refractivity contribution is -0.388. The van der Waals surface area contributed by atoms with Gasteiger partial charge in [0.1, 0.15) is 79.4 Å². The van der Waals surface area contributed by atoms with Crippen LogP contribution >= 0.6 is 0 Å². The minimum absolute atomic E-state index is 0.0542. The van der Waals surface area contributed by atoms with Gasteiger partial charge in [0.05, 0.1) is 32.0 Å². The summed E-state index contributed by atoms with van der Waals surface area (Å²) in [7, 11) is 0. The van der Waals surface area contributed by atoms with Gasteiger partial charge in [0.25, 0.3) is 0 Å².